The number of hydrogen-bond acceptors (Lipinski definition) is 4. The summed E-state index contributed by atoms with van der Waals surface area (Å²) >= 11 is 0. The normalized spacial score (nSPS) is 10.3. The standard InChI is InChI=1S/C19H25N3O2/c1-4-22(5-2)18-12-9-16(14-20-18)21-19(23)13-15-7-10-17(11-8-15)24-6-3/h7-12,14H,4-6,13H2,1-3H3,(H,21,23). The van der Waals surface area contributed by atoms with Crippen molar-refractivity contribution in [2.75, 3.05) is 29.9 Å². The van der Waals surface area contributed by atoms with E-state index in [-0.39, 0.29) is 5.91 Å². The van der Waals surface area contributed by atoms with Crippen molar-refractivity contribution in [1.29, 1.82) is 0 Å². The highest BCUT2D eigenvalue weighted by atomic mass is 16.5. The largest absolute Gasteiger partial charge is 0.494 e. The quantitative estimate of drug-likeness (QED) is 0.806. The number of pyridine rings is 1. The van der Waals surface area contributed by atoms with Crippen molar-refractivity contribution >= 4 is 17.4 Å². The maximum atomic E-state index is 12.1. The van der Waals surface area contributed by atoms with Crippen molar-refractivity contribution in [3.63, 3.8) is 0 Å². The van der Waals surface area contributed by atoms with E-state index in [0.29, 0.717) is 18.7 Å². The maximum absolute atomic E-state index is 12.1. The van der Waals surface area contributed by atoms with Gasteiger partial charge in [0.25, 0.3) is 0 Å². The van der Waals surface area contributed by atoms with E-state index in [9.17, 15) is 4.79 Å². The van der Waals surface area contributed by atoms with Crippen LogP contribution in [0.25, 0.3) is 0 Å². The third kappa shape index (κ3) is 4.98. The second kappa shape index (κ2) is 8.91. The topological polar surface area (TPSA) is 54.5 Å². The van der Waals surface area contributed by atoms with Crippen LogP contribution in [-0.2, 0) is 11.2 Å². The first kappa shape index (κ1) is 17.8. The number of anilines is 2. The van der Waals surface area contributed by atoms with Gasteiger partial charge in [-0.15, -0.1) is 0 Å². The van der Waals surface area contributed by atoms with Crippen molar-refractivity contribution in [1.82, 2.24) is 4.98 Å². The molecule has 0 fully saturated rings. The molecule has 5 heteroatoms. The van der Waals surface area contributed by atoms with Crippen molar-refractivity contribution in [3.8, 4) is 5.75 Å². The van der Waals surface area contributed by atoms with Gasteiger partial charge < -0.3 is 15.0 Å². The zero-order valence-corrected chi connectivity index (χ0v) is 14.6. The lowest BCUT2D eigenvalue weighted by Gasteiger charge is -2.19. The van der Waals surface area contributed by atoms with Crippen LogP contribution in [-0.4, -0.2) is 30.6 Å². The Hall–Kier alpha value is -2.56. The highest BCUT2D eigenvalue weighted by molar-refractivity contribution is 5.92. The summed E-state index contributed by atoms with van der Waals surface area (Å²) in [5.41, 5.74) is 1.66. The summed E-state index contributed by atoms with van der Waals surface area (Å²) in [5.74, 6) is 1.68. The van der Waals surface area contributed by atoms with Crippen molar-refractivity contribution < 1.29 is 9.53 Å². The Kier molecular flexibility index (Phi) is 6.61. The fraction of sp³-hybridized carbons (Fsp3) is 0.368. The Labute approximate surface area is 143 Å². The van der Waals surface area contributed by atoms with E-state index in [1.807, 2.05) is 43.3 Å². The van der Waals surface area contributed by atoms with E-state index in [1.54, 1.807) is 6.20 Å². The van der Waals surface area contributed by atoms with Crippen LogP contribution in [0.5, 0.6) is 5.75 Å². The molecule has 0 aliphatic rings. The maximum Gasteiger partial charge on any atom is 0.228 e. The molecular weight excluding hydrogens is 302 g/mol. The fourth-order valence-corrected chi connectivity index (χ4v) is 2.46. The lowest BCUT2D eigenvalue weighted by Crippen LogP contribution is -2.23. The lowest BCUT2D eigenvalue weighted by atomic mass is 10.1. The Morgan fingerprint density at radius 3 is 2.33 bits per heavy atom. The van der Waals surface area contributed by atoms with Gasteiger partial charge in [0.15, 0.2) is 0 Å². The second-order valence-corrected chi connectivity index (χ2v) is 5.38. The third-order valence-electron chi connectivity index (χ3n) is 3.72. The van der Waals surface area contributed by atoms with E-state index in [1.165, 1.54) is 0 Å². The molecule has 0 bridgehead atoms. The zero-order valence-electron chi connectivity index (χ0n) is 14.6. The molecule has 0 aliphatic carbocycles. The summed E-state index contributed by atoms with van der Waals surface area (Å²) in [6, 6.07) is 11.4. The van der Waals surface area contributed by atoms with Gasteiger partial charge in [0.2, 0.25) is 5.91 Å². The number of nitrogens with one attached hydrogen (secondary N) is 1. The van der Waals surface area contributed by atoms with E-state index in [4.69, 9.17) is 4.74 Å². The van der Waals surface area contributed by atoms with Gasteiger partial charge in [-0.05, 0) is 50.6 Å². The molecule has 1 aromatic carbocycles. The van der Waals surface area contributed by atoms with Gasteiger partial charge in [-0.1, -0.05) is 12.1 Å². The molecule has 0 spiro atoms. The Bertz CT molecular complexity index is 635. The minimum absolute atomic E-state index is 0.0588. The second-order valence-electron chi connectivity index (χ2n) is 5.38. The molecule has 128 valence electrons. The molecule has 1 N–H and O–H groups in total. The van der Waals surface area contributed by atoms with Gasteiger partial charge in [-0.3, -0.25) is 4.79 Å². The van der Waals surface area contributed by atoms with Crippen LogP contribution < -0.4 is 15.0 Å². The van der Waals surface area contributed by atoms with Crippen LogP contribution in [0.15, 0.2) is 42.6 Å². The average Bonchev–Trinajstić information content (AvgIpc) is 2.59. The summed E-state index contributed by atoms with van der Waals surface area (Å²) < 4.78 is 5.40. The molecule has 5 nitrogen and oxygen atoms in total. The molecule has 1 heterocycles. The van der Waals surface area contributed by atoms with Crippen molar-refractivity contribution in [2.45, 2.75) is 27.2 Å². The van der Waals surface area contributed by atoms with Crippen LogP contribution in [0.2, 0.25) is 0 Å². The van der Waals surface area contributed by atoms with E-state index >= 15 is 0 Å². The van der Waals surface area contributed by atoms with Gasteiger partial charge in [0.1, 0.15) is 11.6 Å². The van der Waals surface area contributed by atoms with Crippen molar-refractivity contribution in [3.05, 3.63) is 48.2 Å². The molecule has 1 amide bonds. The number of carbonyl (C=O) groups is 1. The van der Waals surface area contributed by atoms with Gasteiger partial charge in [0.05, 0.1) is 24.9 Å². The van der Waals surface area contributed by atoms with Crippen molar-refractivity contribution in [2.24, 2.45) is 0 Å². The summed E-state index contributed by atoms with van der Waals surface area (Å²) in [4.78, 5) is 18.7. The molecule has 2 rings (SSSR count). The number of carbonyl (C=O) groups excluding carboxylic acids is 1. The predicted molar refractivity (Wildman–Crippen MR) is 97.7 cm³/mol. The molecule has 0 saturated heterocycles. The van der Waals surface area contributed by atoms with Crippen LogP contribution >= 0.6 is 0 Å². The Balaban J connectivity index is 1.92. The molecular formula is C19H25N3O2. The minimum atomic E-state index is -0.0588. The van der Waals surface area contributed by atoms with Gasteiger partial charge in [-0.25, -0.2) is 4.98 Å². The Morgan fingerprint density at radius 1 is 1.08 bits per heavy atom. The van der Waals surface area contributed by atoms with E-state index in [2.05, 4.69) is 29.0 Å². The van der Waals surface area contributed by atoms with E-state index < -0.39 is 0 Å². The number of ether oxygens (including phenoxy) is 1. The molecule has 2 aromatic rings. The smallest absolute Gasteiger partial charge is 0.228 e. The van der Waals surface area contributed by atoms with Gasteiger partial charge in [0, 0.05) is 13.1 Å². The first-order chi connectivity index (χ1) is 11.7. The Morgan fingerprint density at radius 2 is 1.79 bits per heavy atom. The van der Waals surface area contributed by atoms with Crippen LogP contribution in [0.4, 0.5) is 11.5 Å². The van der Waals surface area contributed by atoms with Crippen LogP contribution in [0.1, 0.15) is 26.3 Å². The molecule has 0 radical (unpaired) electrons. The number of aromatic nitrogens is 1. The molecule has 0 unspecified atom stereocenters. The highest BCUT2D eigenvalue weighted by Gasteiger charge is 2.07. The molecule has 24 heavy (non-hydrogen) atoms. The number of rotatable bonds is 8. The number of benzene rings is 1. The summed E-state index contributed by atoms with van der Waals surface area (Å²) in [5, 5.41) is 2.88. The summed E-state index contributed by atoms with van der Waals surface area (Å²) in [6.45, 7) is 8.59. The first-order valence-corrected chi connectivity index (χ1v) is 8.38. The zero-order chi connectivity index (χ0) is 17.4. The number of amides is 1. The van der Waals surface area contributed by atoms with Gasteiger partial charge >= 0.3 is 0 Å². The molecule has 0 saturated carbocycles. The number of nitrogens with zero attached hydrogens (tertiary/aromatic N) is 2. The fourth-order valence-electron chi connectivity index (χ4n) is 2.46. The molecule has 0 atom stereocenters. The van der Waals surface area contributed by atoms with E-state index in [0.717, 1.165) is 30.2 Å². The molecule has 0 aliphatic heterocycles. The summed E-state index contributed by atoms with van der Waals surface area (Å²) in [7, 11) is 0. The van der Waals surface area contributed by atoms with Gasteiger partial charge in [-0.2, -0.15) is 0 Å². The van der Waals surface area contributed by atoms with Crippen LogP contribution in [0.3, 0.4) is 0 Å². The highest BCUT2D eigenvalue weighted by Crippen LogP contribution is 2.15. The predicted octanol–water partition coefficient (Wildman–Crippen LogP) is 3.51. The lowest BCUT2D eigenvalue weighted by molar-refractivity contribution is -0.115. The SMILES string of the molecule is CCOc1ccc(CC(=O)Nc2ccc(N(CC)CC)nc2)cc1. The average molecular weight is 327 g/mol. The van der Waals surface area contributed by atoms with Crippen LogP contribution in [0, 0.1) is 0 Å². The minimum Gasteiger partial charge on any atom is -0.494 e. The summed E-state index contributed by atoms with van der Waals surface area (Å²) in [6.07, 6.45) is 2.02. The number of hydrogen-bond donors (Lipinski definition) is 1. The molecule has 1 aromatic heterocycles. The first-order valence-electron chi connectivity index (χ1n) is 8.38. The monoisotopic (exact) mass is 327 g/mol. The third-order valence-corrected chi connectivity index (χ3v) is 3.72.